The van der Waals surface area contributed by atoms with Crippen molar-refractivity contribution in [3.63, 3.8) is 0 Å². The summed E-state index contributed by atoms with van der Waals surface area (Å²) in [4.78, 5) is 13.1. The van der Waals surface area contributed by atoms with Crippen molar-refractivity contribution in [3.05, 3.63) is 19.1 Å². The normalized spacial score (nSPS) is 13.0. The molecule has 12 heavy (non-hydrogen) atoms. The number of hydrogen-bond donors (Lipinski definition) is 0. The molecular weight excluding hydrogens is 150 g/mol. The van der Waals surface area contributed by atoms with Gasteiger partial charge in [0.05, 0.1) is 0 Å². The Morgan fingerprint density at radius 1 is 1.58 bits per heavy atom. The van der Waals surface area contributed by atoms with Crippen LogP contribution < -0.4 is 0 Å². The molecule has 1 unspecified atom stereocenters. The van der Waals surface area contributed by atoms with E-state index in [1.165, 1.54) is 6.08 Å². The molecule has 2 heteroatoms. The molecule has 0 amide bonds. The molecule has 0 aliphatic heterocycles. The summed E-state index contributed by atoms with van der Waals surface area (Å²) in [7, 11) is 4.04. The lowest BCUT2D eigenvalue weighted by atomic mass is 10.0. The van der Waals surface area contributed by atoms with Crippen molar-refractivity contribution in [2.75, 3.05) is 20.6 Å². The Morgan fingerprint density at radius 3 is 2.58 bits per heavy atom. The van der Waals surface area contributed by atoms with Crippen molar-refractivity contribution >= 4 is 5.78 Å². The molecule has 0 N–H and O–H groups in total. The zero-order chi connectivity index (χ0) is 9.56. The molecule has 0 aliphatic carbocycles. The second-order valence-electron chi connectivity index (χ2n) is 3.22. The van der Waals surface area contributed by atoms with E-state index in [0.29, 0.717) is 0 Å². The number of ketones is 1. The smallest absolute Gasteiger partial charge is 0.158 e. The Balaban J connectivity index is 3.50. The molecule has 0 aromatic heterocycles. The van der Waals surface area contributed by atoms with Gasteiger partial charge < -0.3 is 4.90 Å². The number of carbonyl (C=O) groups excluding carboxylic acids is 1. The number of hydrogen-bond acceptors (Lipinski definition) is 2. The SMILES string of the molecule is C=CC(=O)C(C)[CH]CCN(C)C. The fourth-order valence-electron chi connectivity index (χ4n) is 0.885. The topological polar surface area (TPSA) is 20.3 Å². The van der Waals surface area contributed by atoms with E-state index in [0.717, 1.165) is 13.0 Å². The van der Waals surface area contributed by atoms with Gasteiger partial charge in [0.15, 0.2) is 5.78 Å². The number of carbonyl (C=O) groups is 1. The van der Waals surface area contributed by atoms with Crippen LogP contribution in [0.25, 0.3) is 0 Å². The Labute approximate surface area is 75.3 Å². The second kappa shape index (κ2) is 5.95. The van der Waals surface area contributed by atoms with Gasteiger partial charge in [-0.15, -0.1) is 0 Å². The van der Waals surface area contributed by atoms with E-state index >= 15 is 0 Å². The van der Waals surface area contributed by atoms with Crippen molar-refractivity contribution in [1.29, 1.82) is 0 Å². The maximum atomic E-state index is 11.0. The van der Waals surface area contributed by atoms with E-state index in [1.54, 1.807) is 0 Å². The third-order valence-electron chi connectivity index (χ3n) is 1.75. The zero-order valence-corrected chi connectivity index (χ0v) is 8.21. The summed E-state index contributed by atoms with van der Waals surface area (Å²) >= 11 is 0. The predicted octanol–water partition coefficient (Wildman–Crippen LogP) is 1.53. The average Bonchev–Trinajstić information content (AvgIpc) is 2.02. The van der Waals surface area contributed by atoms with E-state index in [2.05, 4.69) is 11.5 Å². The van der Waals surface area contributed by atoms with Gasteiger partial charge in [-0.25, -0.2) is 0 Å². The van der Waals surface area contributed by atoms with Crippen LogP contribution in [0.2, 0.25) is 0 Å². The molecule has 0 heterocycles. The number of allylic oxidation sites excluding steroid dienone is 1. The van der Waals surface area contributed by atoms with Gasteiger partial charge in [-0.2, -0.15) is 0 Å². The van der Waals surface area contributed by atoms with Crippen LogP contribution in [0.3, 0.4) is 0 Å². The predicted molar refractivity (Wildman–Crippen MR) is 51.8 cm³/mol. The fraction of sp³-hybridized carbons (Fsp3) is 0.600. The van der Waals surface area contributed by atoms with Crippen LogP contribution >= 0.6 is 0 Å². The first kappa shape index (κ1) is 11.4. The first-order valence-corrected chi connectivity index (χ1v) is 4.22. The Morgan fingerprint density at radius 2 is 2.17 bits per heavy atom. The van der Waals surface area contributed by atoms with Gasteiger partial charge in [0.2, 0.25) is 0 Å². The molecule has 0 saturated carbocycles. The van der Waals surface area contributed by atoms with Crippen molar-refractivity contribution in [3.8, 4) is 0 Å². The second-order valence-corrected chi connectivity index (χ2v) is 3.22. The van der Waals surface area contributed by atoms with Gasteiger partial charge in [0.1, 0.15) is 0 Å². The molecule has 0 bridgehead atoms. The summed E-state index contributed by atoms with van der Waals surface area (Å²) in [5.74, 6) is 0.121. The number of rotatable bonds is 6. The number of nitrogens with zero attached hydrogens (tertiary/aromatic N) is 1. The van der Waals surface area contributed by atoms with Crippen molar-refractivity contribution in [1.82, 2.24) is 4.90 Å². The minimum atomic E-state index is 0.0162. The molecule has 1 atom stereocenters. The molecule has 69 valence electrons. The quantitative estimate of drug-likeness (QED) is 0.561. The molecule has 0 aliphatic rings. The highest BCUT2D eigenvalue weighted by molar-refractivity contribution is 5.91. The Bertz CT molecular complexity index is 152. The monoisotopic (exact) mass is 168 g/mol. The van der Waals surface area contributed by atoms with Crippen molar-refractivity contribution in [2.45, 2.75) is 13.3 Å². The summed E-state index contributed by atoms with van der Waals surface area (Å²) in [6, 6.07) is 0. The minimum absolute atomic E-state index is 0.0162. The average molecular weight is 168 g/mol. The van der Waals surface area contributed by atoms with Crippen molar-refractivity contribution in [2.24, 2.45) is 5.92 Å². The van der Waals surface area contributed by atoms with Crippen LogP contribution in [0.15, 0.2) is 12.7 Å². The summed E-state index contributed by atoms with van der Waals surface area (Å²) in [5.41, 5.74) is 0. The molecule has 0 rings (SSSR count). The van der Waals surface area contributed by atoms with Gasteiger partial charge in [-0.3, -0.25) is 4.79 Å². The van der Waals surface area contributed by atoms with Crippen LogP contribution in [0.4, 0.5) is 0 Å². The summed E-state index contributed by atoms with van der Waals surface area (Å²) < 4.78 is 0. The van der Waals surface area contributed by atoms with E-state index in [9.17, 15) is 4.79 Å². The van der Waals surface area contributed by atoms with Crippen LogP contribution in [0.5, 0.6) is 0 Å². The van der Waals surface area contributed by atoms with Crippen LogP contribution in [0.1, 0.15) is 13.3 Å². The lowest BCUT2D eigenvalue weighted by molar-refractivity contribution is -0.116. The molecule has 0 spiro atoms. The fourth-order valence-corrected chi connectivity index (χ4v) is 0.885. The first-order chi connectivity index (χ1) is 5.57. The van der Waals surface area contributed by atoms with Gasteiger partial charge >= 0.3 is 0 Å². The summed E-state index contributed by atoms with van der Waals surface area (Å²) in [6.45, 7) is 6.34. The zero-order valence-electron chi connectivity index (χ0n) is 8.21. The highest BCUT2D eigenvalue weighted by atomic mass is 16.1. The van der Waals surface area contributed by atoms with E-state index in [1.807, 2.05) is 27.4 Å². The van der Waals surface area contributed by atoms with Crippen LogP contribution in [0, 0.1) is 12.3 Å². The molecule has 1 radical (unpaired) electrons. The maximum Gasteiger partial charge on any atom is 0.158 e. The molecule has 2 nitrogen and oxygen atoms in total. The van der Waals surface area contributed by atoms with Gasteiger partial charge in [-0.1, -0.05) is 13.5 Å². The molecule has 0 aromatic carbocycles. The Hall–Kier alpha value is -0.630. The minimum Gasteiger partial charge on any atom is -0.309 e. The molecular formula is C10H18NO. The highest BCUT2D eigenvalue weighted by Gasteiger charge is 2.08. The van der Waals surface area contributed by atoms with Gasteiger partial charge in [0.25, 0.3) is 0 Å². The van der Waals surface area contributed by atoms with Crippen LogP contribution in [-0.2, 0) is 4.79 Å². The molecule has 0 fully saturated rings. The third kappa shape index (κ3) is 5.08. The largest absolute Gasteiger partial charge is 0.309 e. The van der Waals surface area contributed by atoms with Gasteiger partial charge in [-0.05, 0) is 39.6 Å². The molecule has 0 aromatic rings. The van der Waals surface area contributed by atoms with Crippen molar-refractivity contribution < 1.29 is 4.79 Å². The maximum absolute atomic E-state index is 11.0. The molecule has 0 saturated heterocycles. The highest BCUT2D eigenvalue weighted by Crippen LogP contribution is 2.05. The standard InChI is InChI=1S/C10H18NO/c1-5-10(12)9(2)7-6-8-11(3)4/h5,7,9H,1,6,8H2,2-4H3. The van der Waals surface area contributed by atoms with Crippen LogP contribution in [-0.4, -0.2) is 31.3 Å². The third-order valence-corrected chi connectivity index (χ3v) is 1.75. The lowest BCUT2D eigenvalue weighted by Crippen LogP contribution is -2.16. The van der Waals surface area contributed by atoms with E-state index in [-0.39, 0.29) is 11.7 Å². The summed E-state index contributed by atoms with van der Waals surface area (Å²) in [6.07, 6.45) is 4.37. The summed E-state index contributed by atoms with van der Waals surface area (Å²) in [5, 5.41) is 0. The lowest BCUT2D eigenvalue weighted by Gasteiger charge is -2.11. The Kier molecular flexibility index (Phi) is 5.64. The van der Waals surface area contributed by atoms with Gasteiger partial charge in [0, 0.05) is 5.92 Å². The van der Waals surface area contributed by atoms with E-state index in [4.69, 9.17) is 0 Å². The first-order valence-electron chi connectivity index (χ1n) is 4.22. The van der Waals surface area contributed by atoms with E-state index < -0.39 is 0 Å².